The van der Waals surface area contributed by atoms with Crippen LogP contribution in [0.4, 0.5) is 0 Å². The Morgan fingerprint density at radius 3 is 2.42 bits per heavy atom. The van der Waals surface area contributed by atoms with Crippen molar-refractivity contribution in [1.29, 1.82) is 0 Å². The summed E-state index contributed by atoms with van der Waals surface area (Å²) in [4.78, 5) is 23.0. The summed E-state index contributed by atoms with van der Waals surface area (Å²) in [5.41, 5.74) is 5.33. The summed E-state index contributed by atoms with van der Waals surface area (Å²) in [6.07, 6.45) is 3.34. The van der Waals surface area contributed by atoms with Crippen LogP contribution in [0.5, 0.6) is 5.75 Å². The van der Waals surface area contributed by atoms with Crippen molar-refractivity contribution in [3.8, 4) is 5.75 Å². The average molecular weight is 351 g/mol. The lowest BCUT2D eigenvalue weighted by Crippen LogP contribution is -2.38. The van der Waals surface area contributed by atoms with Crippen molar-refractivity contribution in [3.63, 3.8) is 0 Å². The molecule has 134 valence electrons. The lowest BCUT2D eigenvalue weighted by Gasteiger charge is -2.06. The van der Waals surface area contributed by atoms with Gasteiger partial charge in [-0.05, 0) is 55.2 Å². The highest BCUT2D eigenvalue weighted by Crippen LogP contribution is 2.18. The molecule has 1 fully saturated rings. The van der Waals surface area contributed by atoms with Gasteiger partial charge in [0.05, 0.1) is 6.21 Å². The van der Waals surface area contributed by atoms with E-state index >= 15 is 0 Å². The zero-order valence-corrected chi connectivity index (χ0v) is 14.6. The number of ether oxygens (including phenoxy) is 1. The van der Waals surface area contributed by atoms with E-state index in [-0.39, 0.29) is 6.04 Å². The number of aryl methyl sites for hydroxylation is 1. The molecule has 1 aliphatic rings. The van der Waals surface area contributed by atoms with Gasteiger partial charge in [0.25, 0.3) is 0 Å². The maximum atomic E-state index is 11.5. The number of hydrogen-bond donors (Lipinski definition) is 2. The van der Waals surface area contributed by atoms with Gasteiger partial charge in [-0.3, -0.25) is 9.59 Å². The molecule has 0 saturated heterocycles. The first kappa shape index (κ1) is 17.7. The van der Waals surface area contributed by atoms with Gasteiger partial charge >= 0.3 is 11.8 Å². The molecule has 2 aromatic carbocycles. The lowest BCUT2D eigenvalue weighted by atomic mass is 10.2. The van der Waals surface area contributed by atoms with Crippen LogP contribution in [0.1, 0.15) is 29.5 Å². The quantitative estimate of drug-likeness (QED) is 0.476. The van der Waals surface area contributed by atoms with E-state index < -0.39 is 11.8 Å². The van der Waals surface area contributed by atoms with Gasteiger partial charge in [0.15, 0.2) is 0 Å². The summed E-state index contributed by atoms with van der Waals surface area (Å²) >= 11 is 0. The molecule has 1 aliphatic carbocycles. The Hall–Kier alpha value is -3.15. The van der Waals surface area contributed by atoms with Crippen LogP contribution >= 0.6 is 0 Å². The second-order valence-corrected chi connectivity index (χ2v) is 6.29. The number of hydrazone groups is 1. The Morgan fingerprint density at radius 2 is 1.77 bits per heavy atom. The maximum Gasteiger partial charge on any atom is 0.329 e. The lowest BCUT2D eigenvalue weighted by molar-refractivity contribution is -0.139. The summed E-state index contributed by atoms with van der Waals surface area (Å²) in [7, 11) is 0. The van der Waals surface area contributed by atoms with Crippen LogP contribution in [0.3, 0.4) is 0 Å². The van der Waals surface area contributed by atoms with Crippen LogP contribution in [-0.4, -0.2) is 24.1 Å². The van der Waals surface area contributed by atoms with Crippen molar-refractivity contribution in [3.05, 3.63) is 65.2 Å². The molecule has 0 heterocycles. The highest BCUT2D eigenvalue weighted by molar-refractivity contribution is 6.35. The molecule has 0 radical (unpaired) electrons. The van der Waals surface area contributed by atoms with Crippen LogP contribution in [0, 0.1) is 6.92 Å². The highest BCUT2D eigenvalue weighted by Gasteiger charge is 2.26. The molecule has 3 rings (SSSR count). The Bertz CT molecular complexity index is 794. The van der Waals surface area contributed by atoms with Crippen molar-refractivity contribution in [2.45, 2.75) is 32.4 Å². The summed E-state index contributed by atoms with van der Waals surface area (Å²) in [6, 6.07) is 15.6. The van der Waals surface area contributed by atoms with E-state index in [9.17, 15) is 9.59 Å². The zero-order chi connectivity index (χ0) is 18.4. The van der Waals surface area contributed by atoms with Gasteiger partial charge < -0.3 is 10.1 Å². The van der Waals surface area contributed by atoms with Crippen LogP contribution in [-0.2, 0) is 16.2 Å². The molecule has 1 saturated carbocycles. The van der Waals surface area contributed by atoms with Gasteiger partial charge in [-0.1, -0.05) is 29.8 Å². The fourth-order valence-corrected chi connectivity index (χ4v) is 2.20. The minimum Gasteiger partial charge on any atom is -0.489 e. The Morgan fingerprint density at radius 1 is 1.08 bits per heavy atom. The monoisotopic (exact) mass is 351 g/mol. The molecule has 6 heteroatoms. The fourth-order valence-electron chi connectivity index (χ4n) is 2.20. The van der Waals surface area contributed by atoms with Crippen molar-refractivity contribution in [2.75, 3.05) is 0 Å². The summed E-state index contributed by atoms with van der Waals surface area (Å²) in [5.74, 6) is -0.661. The van der Waals surface area contributed by atoms with Crippen LogP contribution in [0.2, 0.25) is 0 Å². The molecular weight excluding hydrogens is 330 g/mol. The van der Waals surface area contributed by atoms with E-state index in [0.717, 1.165) is 29.7 Å². The van der Waals surface area contributed by atoms with Crippen molar-refractivity contribution in [1.82, 2.24) is 10.7 Å². The molecule has 0 aliphatic heterocycles. The predicted molar refractivity (Wildman–Crippen MR) is 98.9 cm³/mol. The van der Waals surface area contributed by atoms with Crippen molar-refractivity contribution >= 4 is 18.0 Å². The summed E-state index contributed by atoms with van der Waals surface area (Å²) in [5, 5.41) is 6.39. The molecule has 0 atom stereocenters. The summed E-state index contributed by atoms with van der Waals surface area (Å²) < 4.78 is 5.74. The largest absolute Gasteiger partial charge is 0.489 e. The maximum absolute atomic E-state index is 11.5. The SMILES string of the molecule is Cc1ccc(COc2ccc(/C=N\NC(=O)C(=O)NC3CC3)cc2)cc1. The average Bonchev–Trinajstić information content (AvgIpc) is 3.46. The minimum atomic E-state index is -0.758. The van der Waals surface area contributed by atoms with Crippen LogP contribution in [0.25, 0.3) is 0 Å². The Kier molecular flexibility index (Phi) is 5.63. The van der Waals surface area contributed by atoms with Gasteiger partial charge in [-0.25, -0.2) is 5.43 Å². The third-order valence-corrected chi connectivity index (χ3v) is 3.90. The second-order valence-electron chi connectivity index (χ2n) is 6.29. The number of nitrogens with zero attached hydrogens (tertiary/aromatic N) is 1. The number of benzene rings is 2. The topological polar surface area (TPSA) is 79.8 Å². The van der Waals surface area contributed by atoms with Gasteiger partial charge in [-0.15, -0.1) is 0 Å². The molecule has 2 aromatic rings. The molecule has 6 nitrogen and oxygen atoms in total. The van der Waals surface area contributed by atoms with E-state index in [1.54, 1.807) is 0 Å². The normalized spacial score (nSPS) is 13.4. The van der Waals surface area contributed by atoms with E-state index in [2.05, 4.69) is 28.0 Å². The number of carbonyl (C=O) groups excluding carboxylic acids is 2. The van der Waals surface area contributed by atoms with Gasteiger partial charge in [0, 0.05) is 6.04 Å². The number of nitrogens with one attached hydrogen (secondary N) is 2. The first-order chi connectivity index (χ1) is 12.6. The molecule has 0 unspecified atom stereocenters. The van der Waals surface area contributed by atoms with Gasteiger partial charge in [0.1, 0.15) is 12.4 Å². The van der Waals surface area contributed by atoms with E-state index in [4.69, 9.17) is 4.74 Å². The van der Waals surface area contributed by atoms with Gasteiger partial charge in [-0.2, -0.15) is 5.10 Å². The Balaban J connectivity index is 1.45. The highest BCUT2D eigenvalue weighted by atomic mass is 16.5. The zero-order valence-electron chi connectivity index (χ0n) is 14.6. The molecule has 0 spiro atoms. The fraction of sp³-hybridized carbons (Fsp3) is 0.250. The Labute approximate surface area is 152 Å². The first-order valence-corrected chi connectivity index (χ1v) is 8.52. The smallest absolute Gasteiger partial charge is 0.329 e. The number of carbonyl (C=O) groups is 2. The van der Waals surface area contributed by atoms with Crippen molar-refractivity contribution in [2.24, 2.45) is 5.10 Å². The third kappa shape index (κ3) is 5.44. The standard InChI is InChI=1S/C20H21N3O3/c1-14-2-4-16(5-3-14)13-26-18-10-6-15(7-11-18)12-21-23-20(25)19(24)22-17-8-9-17/h2-7,10-12,17H,8-9,13H2,1H3,(H,22,24)(H,23,25)/b21-12-. The predicted octanol–water partition coefficient (Wildman–Crippen LogP) is 2.30. The summed E-state index contributed by atoms with van der Waals surface area (Å²) in [6.45, 7) is 2.55. The molecule has 2 amide bonds. The van der Waals surface area contributed by atoms with E-state index in [0.29, 0.717) is 6.61 Å². The number of amides is 2. The second kappa shape index (κ2) is 8.29. The van der Waals surface area contributed by atoms with Crippen LogP contribution in [0.15, 0.2) is 53.6 Å². The number of hydrogen-bond acceptors (Lipinski definition) is 4. The minimum absolute atomic E-state index is 0.143. The van der Waals surface area contributed by atoms with Gasteiger partial charge in [0.2, 0.25) is 0 Å². The molecule has 26 heavy (non-hydrogen) atoms. The third-order valence-electron chi connectivity index (χ3n) is 3.90. The molecule has 0 aromatic heterocycles. The van der Waals surface area contributed by atoms with Crippen molar-refractivity contribution < 1.29 is 14.3 Å². The molecular formula is C20H21N3O3. The first-order valence-electron chi connectivity index (χ1n) is 8.52. The van der Waals surface area contributed by atoms with E-state index in [1.807, 2.05) is 43.3 Å². The van der Waals surface area contributed by atoms with E-state index in [1.165, 1.54) is 11.8 Å². The number of rotatable bonds is 6. The van der Waals surface area contributed by atoms with Crippen LogP contribution < -0.4 is 15.5 Å². The molecule has 0 bridgehead atoms. The molecule has 2 N–H and O–H groups in total.